The van der Waals surface area contributed by atoms with Crippen molar-refractivity contribution in [1.82, 2.24) is 9.88 Å². The molecule has 2 rings (SSSR count). The molecule has 1 aromatic heterocycles. The lowest BCUT2D eigenvalue weighted by Crippen LogP contribution is -2.33. The summed E-state index contributed by atoms with van der Waals surface area (Å²) in [6, 6.07) is 0. The van der Waals surface area contributed by atoms with Crippen molar-refractivity contribution in [2.75, 3.05) is 13.1 Å². The number of thiazole rings is 1. The van der Waals surface area contributed by atoms with Crippen molar-refractivity contribution in [2.45, 2.75) is 33.2 Å². The monoisotopic (exact) mass is 224 g/mol. The van der Waals surface area contributed by atoms with E-state index in [1.165, 1.54) is 4.88 Å². The lowest BCUT2D eigenvalue weighted by atomic mass is 10.1. The van der Waals surface area contributed by atoms with Crippen molar-refractivity contribution in [3.05, 3.63) is 15.6 Å². The largest absolute Gasteiger partial charge is 0.300 e. The van der Waals surface area contributed by atoms with Crippen molar-refractivity contribution >= 4 is 17.1 Å². The van der Waals surface area contributed by atoms with Crippen LogP contribution in [-0.4, -0.2) is 28.8 Å². The third-order valence-corrected chi connectivity index (χ3v) is 3.84. The van der Waals surface area contributed by atoms with Crippen LogP contribution in [0.15, 0.2) is 0 Å². The molecule has 0 saturated carbocycles. The second-order valence-electron chi connectivity index (χ2n) is 4.06. The molecule has 1 aromatic rings. The summed E-state index contributed by atoms with van der Waals surface area (Å²) >= 11 is 1.77. The lowest BCUT2D eigenvalue weighted by molar-refractivity contribution is -0.121. The van der Waals surface area contributed by atoms with Gasteiger partial charge in [0.15, 0.2) is 0 Å². The number of carbonyl (C=O) groups excluding carboxylic acids is 1. The molecule has 1 saturated heterocycles. The second-order valence-corrected chi connectivity index (χ2v) is 5.34. The van der Waals surface area contributed by atoms with E-state index in [9.17, 15) is 4.79 Å². The number of piperidine rings is 1. The molecule has 3 nitrogen and oxygen atoms in total. The van der Waals surface area contributed by atoms with Crippen LogP contribution in [0.25, 0.3) is 0 Å². The molecule has 2 heterocycles. The topological polar surface area (TPSA) is 33.2 Å². The molecule has 1 fully saturated rings. The molecule has 0 atom stereocenters. The first kappa shape index (κ1) is 10.8. The Morgan fingerprint density at radius 3 is 2.53 bits per heavy atom. The normalized spacial score (nSPS) is 18.4. The predicted molar refractivity (Wildman–Crippen MR) is 61.1 cm³/mol. The molecule has 1 aliphatic rings. The summed E-state index contributed by atoms with van der Waals surface area (Å²) in [5, 5.41) is 1.13. The first-order valence-corrected chi connectivity index (χ1v) is 6.14. The number of hydrogen-bond acceptors (Lipinski definition) is 4. The van der Waals surface area contributed by atoms with Gasteiger partial charge in [-0.1, -0.05) is 0 Å². The van der Waals surface area contributed by atoms with Crippen LogP contribution >= 0.6 is 11.3 Å². The Morgan fingerprint density at radius 2 is 2.00 bits per heavy atom. The number of likely N-dealkylation sites (tertiary alicyclic amines) is 1. The number of ketones is 1. The van der Waals surface area contributed by atoms with E-state index >= 15 is 0 Å². The zero-order valence-corrected chi connectivity index (χ0v) is 10.1. The van der Waals surface area contributed by atoms with E-state index in [1.807, 2.05) is 6.92 Å². The SMILES string of the molecule is Cc1nc(C)c(CN2CCC(=O)CC2)s1. The van der Waals surface area contributed by atoms with Gasteiger partial charge in [-0.3, -0.25) is 9.69 Å². The Hall–Kier alpha value is -0.740. The Morgan fingerprint density at radius 1 is 1.33 bits per heavy atom. The molecule has 0 N–H and O–H groups in total. The Bertz CT molecular complexity index is 363. The summed E-state index contributed by atoms with van der Waals surface area (Å²) in [5.74, 6) is 0.406. The van der Waals surface area contributed by atoms with Crippen LogP contribution in [0.1, 0.15) is 28.4 Å². The van der Waals surface area contributed by atoms with E-state index in [-0.39, 0.29) is 0 Å². The highest BCUT2D eigenvalue weighted by atomic mass is 32.1. The van der Waals surface area contributed by atoms with Crippen molar-refractivity contribution in [3.63, 3.8) is 0 Å². The third kappa shape index (κ3) is 2.63. The van der Waals surface area contributed by atoms with Gasteiger partial charge < -0.3 is 0 Å². The maximum absolute atomic E-state index is 11.1. The quantitative estimate of drug-likeness (QED) is 0.769. The van der Waals surface area contributed by atoms with Gasteiger partial charge in [0.1, 0.15) is 5.78 Å². The Balaban J connectivity index is 1.97. The Kier molecular flexibility index (Phi) is 3.17. The van der Waals surface area contributed by atoms with Crippen LogP contribution in [0.3, 0.4) is 0 Å². The number of nitrogens with zero attached hydrogens (tertiary/aromatic N) is 2. The van der Waals surface area contributed by atoms with Gasteiger partial charge in [-0.25, -0.2) is 4.98 Å². The van der Waals surface area contributed by atoms with Crippen molar-refractivity contribution in [2.24, 2.45) is 0 Å². The van der Waals surface area contributed by atoms with E-state index in [4.69, 9.17) is 0 Å². The standard InChI is InChI=1S/C11H16N2OS/c1-8-11(15-9(2)12-8)7-13-5-3-10(14)4-6-13/h3-7H2,1-2H3. The van der Waals surface area contributed by atoms with Gasteiger partial charge in [0, 0.05) is 37.4 Å². The van der Waals surface area contributed by atoms with Gasteiger partial charge in [-0.15, -0.1) is 11.3 Å². The van der Waals surface area contributed by atoms with Crippen LogP contribution in [0.5, 0.6) is 0 Å². The predicted octanol–water partition coefficient (Wildman–Crippen LogP) is 1.92. The van der Waals surface area contributed by atoms with Gasteiger partial charge in [0.25, 0.3) is 0 Å². The summed E-state index contributed by atoms with van der Waals surface area (Å²) in [4.78, 5) is 19.2. The zero-order chi connectivity index (χ0) is 10.8. The third-order valence-electron chi connectivity index (χ3n) is 2.78. The van der Waals surface area contributed by atoms with Crippen molar-refractivity contribution < 1.29 is 4.79 Å². The van der Waals surface area contributed by atoms with Gasteiger partial charge in [-0.05, 0) is 13.8 Å². The zero-order valence-electron chi connectivity index (χ0n) is 9.25. The number of rotatable bonds is 2. The fraction of sp³-hybridized carbons (Fsp3) is 0.636. The van der Waals surface area contributed by atoms with Gasteiger partial charge >= 0.3 is 0 Å². The second kappa shape index (κ2) is 4.41. The molecule has 0 unspecified atom stereocenters. The molecule has 0 spiro atoms. The fourth-order valence-corrected chi connectivity index (χ4v) is 2.86. The minimum atomic E-state index is 0.406. The number of aryl methyl sites for hydroxylation is 2. The molecule has 0 aliphatic carbocycles. The first-order chi connectivity index (χ1) is 7.15. The van der Waals surface area contributed by atoms with E-state index in [0.29, 0.717) is 5.78 Å². The highest BCUT2D eigenvalue weighted by Crippen LogP contribution is 2.20. The van der Waals surface area contributed by atoms with Gasteiger partial charge in [0.05, 0.1) is 10.7 Å². The van der Waals surface area contributed by atoms with Gasteiger partial charge in [0.2, 0.25) is 0 Å². The van der Waals surface area contributed by atoms with E-state index in [0.717, 1.165) is 43.2 Å². The smallest absolute Gasteiger partial charge is 0.135 e. The average Bonchev–Trinajstić information content (AvgIpc) is 2.49. The summed E-state index contributed by atoms with van der Waals surface area (Å²) in [6.07, 6.45) is 1.44. The van der Waals surface area contributed by atoms with Gasteiger partial charge in [-0.2, -0.15) is 0 Å². The van der Waals surface area contributed by atoms with Crippen LogP contribution in [0.4, 0.5) is 0 Å². The van der Waals surface area contributed by atoms with Crippen molar-refractivity contribution in [3.8, 4) is 0 Å². The summed E-state index contributed by atoms with van der Waals surface area (Å²) < 4.78 is 0. The molecule has 1 aliphatic heterocycles. The number of carbonyl (C=O) groups is 1. The highest BCUT2D eigenvalue weighted by molar-refractivity contribution is 7.11. The van der Waals surface area contributed by atoms with Crippen LogP contribution < -0.4 is 0 Å². The number of aromatic nitrogens is 1. The van der Waals surface area contributed by atoms with E-state index in [2.05, 4.69) is 16.8 Å². The number of Topliss-reactive ketones (excluding diaryl/α,β-unsaturated/α-hetero) is 1. The minimum Gasteiger partial charge on any atom is -0.300 e. The molecule has 0 aromatic carbocycles. The summed E-state index contributed by atoms with van der Waals surface area (Å²) in [6.45, 7) is 6.89. The Labute approximate surface area is 94.1 Å². The maximum atomic E-state index is 11.1. The summed E-state index contributed by atoms with van der Waals surface area (Å²) in [7, 11) is 0. The molecule has 0 amide bonds. The van der Waals surface area contributed by atoms with Crippen LogP contribution in [-0.2, 0) is 11.3 Å². The highest BCUT2D eigenvalue weighted by Gasteiger charge is 2.17. The molecule has 15 heavy (non-hydrogen) atoms. The maximum Gasteiger partial charge on any atom is 0.135 e. The molecular formula is C11H16N2OS. The molecule has 4 heteroatoms. The first-order valence-electron chi connectivity index (χ1n) is 5.32. The minimum absolute atomic E-state index is 0.406. The summed E-state index contributed by atoms with van der Waals surface area (Å²) in [5.41, 5.74) is 1.15. The van der Waals surface area contributed by atoms with Crippen LogP contribution in [0, 0.1) is 13.8 Å². The van der Waals surface area contributed by atoms with E-state index < -0.39 is 0 Å². The van der Waals surface area contributed by atoms with E-state index in [1.54, 1.807) is 11.3 Å². The molecular weight excluding hydrogens is 208 g/mol. The average molecular weight is 224 g/mol. The lowest BCUT2D eigenvalue weighted by Gasteiger charge is -2.25. The van der Waals surface area contributed by atoms with Crippen LogP contribution in [0.2, 0.25) is 0 Å². The molecule has 82 valence electrons. The molecule has 0 radical (unpaired) electrons. The number of hydrogen-bond donors (Lipinski definition) is 0. The van der Waals surface area contributed by atoms with Crippen molar-refractivity contribution in [1.29, 1.82) is 0 Å². The molecule has 0 bridgehead atoms. The fourth-order valence-electron chi connectivity index (χ4n) is 1.88.